The average Bonchev–Trinajstić information content (AvgIpc) is 3.34. The van der Waals surface area contributed by atoms with Crippen molar-refractivity contribution in [2.75, 3.05) is 5.32 Å². The molecule has 0 spiro atoms. The van der Waals surface area contributed by atoms with Gasteiger partial charge in [0.15, 0.2) is 17.6 Å². The number of aromatic nitrogens is 3. The number of nitrogens with one attached hydrogen (secondary N) is 1. The third-order valence-corrected chi connectivity index (χ3v) is 6.67. The number of benzene rings is 3. The number of anilines is 1. The van der Waals surface area contributed by atoms with E-state index in [0.29, 0.717) is 32.7 Å². The van der Waals surface area contributed by atoms with Crippen LogP contribution in [0.2, 0.25) is 5.02 Å². The minimum absolute atomic E-state index is 0.00830. The number of carbonyl (C=O) groups excluding carboxylic acids is 3. The van der Waals surface area contributed by atoms with Gasteiger partial charge in [-0.2, -0.15) is 0 Å². The summed E-state index contributed by atoms with van der Waals surface area (Å²) in [5.41, 5.74) is 3.34. The molecule has 1 amide bonds. The van der Waals surface area contributed by atoms with E-state index in [1.807, 2.05) is 25.1 Å². The number of nitrogens with zero attached hydrogens (tertiary/aromatic N) is 3. The van der Waals surface area contributed by atoms with Crippen LogP contribution in [0.1, 0.15) is 44.8 Å². The third kappa shape index (κ3) is 6.08. The molecule has 1 N–H and O–H groups in total. The Morgan fingerprint density at radius 3 is 2.42 bits per heavy atom. The van der Waals surface area contributed by atoms with Crippen molar-refractivity contribution in [2.24, 2.45) is 0 Å². The molecule has 0 aliphatic carbocycles. The van der Waals surface area contributed by atoms with E-state index in [4.69, 9.17) is 11.6 Å². The van der Waals surface area contributed by atoms with E-state index in [0.717, 1.165) is 11.1 Å². The lowest BCUT2D eigenvalue weighted by Gasteiger charge is -2.17. The zero-order chi connectivity index (χ0) is 25.7. The highest BCUT2D eigenvalue weighted by atomic mass is 35.5. The molecular weight excluding hydrogens is 496 g/mol. The van der Waals surface area contributed by atoms with E-state index in [-0.39, 0.29) is 5.78 Å². The van der Waals surface area contributed by atoms with Crippen LogP contribution in [-0.4, -0.2) is 32.2 Å². The highest BCUT2D eigenvalue weighted by Gasteiger charge is 2.31. The van der Waals surface area contributed by atoms with Gasteiger partial charge in [-0.25, -0.2) is 9.67 Å². The number of ketones is 2. The summed E-state index contributed by atoms with van der Waals surface area (Å²) in [6.07, 6.45) is 1.38. The van der Waals surface area contributed by atoms with Gasteiger partial charge in [0.2, 0.25) is 5.16 Å². The number of thioether (sulfide) groups is 1. The Hall–Kier alpha value is -3.75. The molecule has 3 aromatic carbocycles. The first-order valence-corrected chi connectivity index (χ1v) is 12.5. The van der Waals surface area contributed by atoms with E-state index in [1.165, 1.54) is 29.7 Å². The van der Waals surface area contributed by atoms with Gasteiger partial charge < -0.3 is 5.32 Å². The predicted octanol–water partition coefficient (Wildman–Crippen LogP) is 5.80. The van der Waals surface area contributed by atoms with Crippen molar-refractivity contribution in [1.82, 2.24) is 14.8 Å². The van der Waals surface area contributed by atoms with Crippen LogP contribution in [0.5, 0.6) is 0 Å². The molecular formula is C27H23ClN4O3S. The second-order valence-corrected chi connectivity index (χ2v) is 9.50. The molecule has 4 rings (SSSR count). The van der Waals surface area contributed by atoms with Crippen molar-refractivity contribution < 1.29 is 14.4 Å². The molecule has 182 valence electrons. The molecule has 0 fully saturated rings. The number of Topliss-reactive ketones (excluding diaryl/α,β-unsaturated/α-hetero) is 2. The van der Waals surface area contributed by atoms with Crippen LogP contribution in [0.3, 0.4) is 0 Å². The topological polar surface area (TPSA) is 94.0 Å². The first-order valence-electron chi connectivity index (χ1n) is 11.1. The summed E-state index contributed by atoms with van der Waals surface area (Å²) in [4.78, 5) is 42.5. The molecule has 36 heavy (non-hydrogen) atoms. The number of hydrogen-bond donors (Lipinski definition) is 1. The van der Waals surface area contributed by atoms with Gasteiger partial charge in [-0.05, 0) is 37.1 Å². The molecule has 1 unspecified atom stereocenters. The Morgan fingerprint density at radius 1 is 1.00 bits per heavy atom. The Morgan fingerprint density at radius 2 is 1.72 bits per heavy atom. The highest BCUT2D eigenvalue weighted by Crippen LogP contribution is 2.26. The van der Waals surface area contributed by atoms with Crippen LogP contribution in [0.15, 0.2) is 84.3 Å². The third-order valence-electron chi connectivity index (χ3n) is 5.42. The van der Waals surface area contributed by atoms with Crippen molar-refractivity contribution >= 4 is 46.5 Å². The van der Waals surface area contributed by atoms with Gasteiger partial charge >= 0.3 is 0 Å². The van der Waals surface area contributed by atoms with Gasteiger partial charge in [0, 0.05) is 16.9 Å². The summed E-state index contributed by atoms with van der Waals surface area (Å²) in [5, 5.41) is 7.97. The van der Waals surface area contributed by atoms with E-state index < -0.39 is 17.7 Å². The Bertz CT molecular complexity index is 1400. The summed E-state index contributed by atoms with van der Waals surface area (Å²) in [7, 11) is 0. The second kappa shape index (κ2) is 11.3. The molecule has 0 aliphatic heterocycles. The number of amides is 1. The standard InChI is InChI=1S/C27H23ClN4O3S/c1-17-8-13-22(28)23(14-17)30-26(35)24(25(34)21-6-4-3-5-7-21)32-16-29-27(31-32)36-15-19-9-11-20(12-10-19)18(2)33/h3-14,16,24H,15H2,1-2H3,(H,30,35). The van der Waals surface area contributed by atoms with Gasteiger partial charge in [-0.15, -0.1) is 5.10 Å². The molecule has 0 saturated carbocycles. The maximum Gasteiger partial charge on any atom is 0.257 e. The lowest BCUT2D eigenvalue weighted by atomic mass is 10.0. The first-order chi connectivity index (χ1) is 17.3. The maximum absolute atomic E-state index is 13.4. The lowest BCUT2D eigenvalue weighted by Crippen LogP contribution is -2.33. The zero-order valence-corrected chi connectivity index (χ0v) is 21.2. The van der Waals surface area contributed by atoms with Crippen LogP contribution in [0.25, 0.3) is 0 Å². The molecule has 7 nitrogen and oxygen atoms in total. The molecule has 0 saturated heterocycles. The van der Waals surface area contributed by atoms with Crippen molar-refractivity contribution in [3.05, 3.63) is 106 Å². The van der Waals surface area contributed by atoms with Gasteiger partial charge in [-0.3, -0.25) is 14.4 Å². The number of carbonyl (C=O) groups is 3. The molecule has 4 aromatic rings. The second-order valence-electron chi connectivity index (χ2n) is 8.15. The summed E-state index contributed by atoms with van der Waals surface area (Å²) in [5.74, 6) is -0.422. The van der Waals surface area contributed by atoms with Crippen LogP contribution < -0.4 is 5.32 Å². The molecule has 0 radical (unpaired) electrons. The molecule has 0 bridgehead atoms. The van der Waals surface area contributed by atoms with E-state index in [9.17, 15) is 14.4 Å². The maximum atomic E-state index is 13.4. The van der Waals surface area contributed by atoms with E-state index >= 15 is 0 Å². The largest absolute Gasteiger partial charge is 0.322 e. The van der Waals surface area contributed by atoms with Gasteiger partial charge in [0.25, 0.3) is 5.91 Å². The van der Waals surface area contributed by atoms with Crippen LogP contribution >= 0.6 is 23.4 Å². The summed E-state index contributed by atoms with van der Waals surface area (Å²) < 4.78 is 1.27. The summed E-state index contributed by atoms with van der Waals surface area (Å²) >= 11 is 7.62. The van der Waals surface area contributed by atoms with Crippen molar-refractivity contribution in [3.63, 3.8) is 0 Å². The van der Waals surface area contributed by atoms with Crippen molar-refractivity contribution in [1.29, 1.82) is 0 Å². The van der Waals surface area contributed by atoms with Crippen molar-refractivity contribution in [3.8, 4) is 0 Å². The smallest absolute Gasteiger partial charge is 0.257 e. The molecule has 0 aliphatic rings. The summed E-state index contributed by atoms with van der Waals surface area (Å²) in [6.45, 7) is 3.41. The molecule has 1 aromatic heterocycles. The minimum Gasteiger partial charge on any atom is -0.322 e. The number of aryl methyl sites for hydroxylation is 1. The predicted molar refractivity (Wildman–Crippen MR) is 141 cm³/mol. The van der Waals surface area contributed by atoms with E-state index in [2.05, 4.69) is 15.4 Å². The quantitative estimate of drug-likeness (QED) is 0.171. The first kappa shape index (κ1) is 25.3. The lowest BCUT2D eigenvalue weighted by molar-refractivity contribution is -0.118. The van der Waals surface area contributed by atoms with E-state index in [1.54, 1.807) is 54.6 Å². The van der Waals surface area contributed by atoms with Crippen LogP contribution in [0, 0.1) is 6.92 Å². The minimum atomic E-state index is -1.28. The number of rotatable bonds is 9. The van der Waals surface area contributed by atoms with Crippen LogP contribution in [-0.2, 0) is 10.5 Å². The fourth-order valence-electron chi connectivity index (χ4n) is 3.49. The van der Waals surface area contributed by atoms with Gasteiger partial charge in [-0.1, -0.05) is 84.0 Å². The van der Waals surface area contributed by atoms with Crippen LogP contribution in [0.4, 0.5) is 5.69 Å². The molecule has 9 heteroatoms. The Kier molecular flexibility index (Phi) is 7.97. The monoisotopic (exact) mass is 518 g/mol. The van der Waals surface area contributed by atoms with Crippen molar-refractivity contribution in [2.45, 2.75) is 30.8 Å². The molecule has 1 atom stereocenters. The summed E-state index contributed by atoms with van der Waals surface area (Å²) in [6, 6.07) is 19.9. The Labute approximate surface area is 217 Å². The fraction of sp³-hybridized carbons (Fsp3) is 0.148. The number of halogens is 1. The molecule has 1 heterocycles. The number of hydrogen-bond acceptors (Lipinski definition) is 6. The highest BCUT2D eigenvalue weighted by molar-refractivity contribution is 7.98. The SMILES string of the molecule is CC(=O)c1ccc(CSc2ncn(C(C(=O)Nc3cc(C)ccc3Cl)C(=O)c3ccccc3)n2)cc1. The Balaban J connectivity index is 1.56. The fourth-order valence-corrected chi connectivity index (χ4v) is 4.42. The van der Waals surface area contributed by atoms with Gasteiger partial charge in [0.1, 0.15) is 6.33 Å². The average molecular weight is 519 g/mol. The normalized spacial score (nSPS) is 11.6. The zero-order valence-electron chi connectivity index (χ0n) is 19.6. The van der Waals surface area contributed by atoms with Gasteiger partial charge in [0.05, 0.1) is 10.7 Å².